The molecule has 0 aromatic heterocycles. The number of ether oxygens (including phenoxy) is 5. The third-order valence-corrected chi connectivity index (χ3v) is 6.23. The maximum Gasteiger partial charge on any atom is 0.303 e. The summed E-state index contributed by atoms with van der Waals surface area (Å²) in [5.41, 5.74) is -0.487. The van der Waals surface area contributed by atoms with E-state index in [4.69, 9.17) is 63.9 Å². The van der Waals surface area contributed by atoms with Crippen molar-refractivity contribution < 1.29 is 48.0 Å². The van der Waals surface area contributed by atoms with E-state index in [-0.39, 0.29) is 35.7 Å². The van der Waals surface area contributed by atoms with Crippen molar-refractivity contribution in [2.24, 2.45) is 10.4 Å². The molecule has 1 aliphatic carbocycles. The fourth-order valence-electron chi connectivity index (χ4n) is 4.29. The Balaban J connectivity index is 2.67. The van der Waals surface area contributed by atoms with Crippen LogP contribution in [0, 0.1) is 10.8 Å². The molecule has 1 aliphatic heterocycles. The molecule has 0 saturated carbocycles. The smallest absolute Gasteiger partial charge is 0.303 e. The van der Waals surface area contributed by atoms with Crippen LogP contribution in [-0.4, -0.2) is 81.5 Å². The fraction of sp³-hybridized carbons (Fsp3) is 0.667. The topological polar surface area (TPSA) is 171 Å². The van der Waals surface area contributed by atoms with Gasteiger partial charge in [0.25, 0.3) is 3.79 Å². The molecule has 0 aromatic rings. The number of aliphatic imine (C=N–C) groups is 1. The van der Waals surface area contributed by atoms with Crippen molar-refractivity contribution in [3.05, 3.63) is 11.3 Å². The highest BCUT2D eigenvalue weighted by Gasteiger charge is 2.53. The number of carbonyl (C=O) groups is 4. The second-order valence-corrected chi connectivity index (χ2v) is 12.2. The van der Waals surface area contributed by atoms with Gasteiger partial charge in [0, 0.05) is 39.3 Å². The van der Waals surface area contributed by atoms with E-state index in [1.165, 1.54) is 6.92 Å². The van der Waals surface area contributed by atoms with E-state index in [0.717, 1.165) is 20.8 Å². The molecule has 5 atom stereocenters. The molecular weight excluding hydrogens is 583 g/mol. The Labute approximate surface area is 240 Å². The normalized spacial score (nSPS) is 27.5. The summed E-state index contributed by atoms with van der Waals surface area (Å²) >= 11 is 17.3. The molecule has 15 heteroatoms. The van der Waals surface area contributed by atoms with Gasteiger partial charge in [-0.3, -0.25) is 29.6 Å². The first-order valence-corrected chi connectivity index (χ1v) is 12.9. The Morgan fingerprint density at radius 2 is 1.59 bits per heavy atom. The Kier molecular flexibility index (Phi) is 10.8. The van der Waals surface area contributed by atoms with E-state index >= 15 is 0 Å². The molecule has 0 amide bonds. The van der Waals surface area contributed by atoms with Crippen LogP contribution in [0.5, 0.6) is 0 Å². The van der Waals surface area contributed by atoms with Gasteiger partial charge in [-0.25, -0.2) is 0 Å². The van der Waals surface area contributed by atoms with Gasteiger partial charge in [-0.2, -0.15) is 0 Å². The summed E-state index contributed by atoms with van der Waals surface area (Å²) in [4.78, 5) is 53.0. The molecular formula is C24H31Cl3N2O10. The first-order chi connectivity index (χ1) is 17.8. The van der Waals surface area contributed by atoms with Crippen LogP contribution in [0.15, 0.2) is 16.3 Å². The predicted molar refractivity (Wildman–Crippen MR) is 140 cm³/mol. The zero-order valence-corrected chi connectivity index (χ0v) is 24.5. The summed E-state index contributed by atoms with van der Waals surface area (Å²) in [7, 11) is 0. The summed E-state index contributed by atoms with van der Waals surface area (Å²) in [6, 6.07) is -1.41. The number of alkyl halides is 3. The number of ketones is 1. The number of halogens is 3. The molecule has 218 valence electrons. The molecule has 0 aromatic carbocycles. The standard InChI is InChI=1S/C24H31Cl3N2O10/c1-10(17-14(33)7-23(5,6)8-15(17)34)29-18-20(37-13(4)32)19(36-12(3)31)16(9-35-11(2)30)38-21(18)39-22(28)24(25,26)27/h16,18-21,28,33H,7-9H2,1-6H3/t16-,18-,19-,20-,21?/m1/s1. The zero-order valence-electron chi connectivity index (χ0n) is 22.2. The van der Waals surface area contributed by atoms with Gasteiger partial charge >= 0.3 is 17.9 Å². The molecule has 0 spiro atoms. The van der Waals surface area contributed by atoms with E-state index in [2.05, 4.69) is 4.99 Å². The molecule has 2 rings (SSSR count). The van der Waals surface area contributed by atoms with Gasteiger partial charge in [-0.15, -0.1) is 0 Å². The number of aliphatic hydroxyl groups excluding tert-OH is 1. The molecule has 2 N–H and O–H groups in total. The van der Waals surface area contributed by atoms with Crippen molar-refractivity contribution in [1.29, 1.82) is 5.41 Å². The third kappa shape index (κ3) is 9.06. The monoisotopic (exact) mass is 612 g/mol. The van der Waals surface area contributed by atoms with Gasteiger partial charge in [0.2, 0.25) is 12.2 Å². The van der Waals surface area contributed by atoms with E-state index < -0.39 is 70.3 Å². The van der Waals surface area contributed by atoms with Crippen LogP contribution in [0.1, 0.15) is 54.4 Å². The van der Waals surface area contributed by atoms with Crippen LogP contribution < -0.4 is 0 Å². The molecule has 1 unspecified atom stereocenters. The number of allylic oxidation sites excluding steroid dienone is 2. The number of rotatable bonds is 7. The van der Waals surface area contributed by atoms with Crippen molar-refractivity contribution >= 4 is 70.1 Å². The van der Waals surface area contributed by atoms with Crippen molar-refractivity contribution in [3.8, 4) is 0 Å². The number of aliphatic hydroxyl groups is 1. The van der Waals surface area contributed by atoms with Crippen molar-refractivity contribution in [2.45, 2.75) is 88.8 Å². The average molecular weight is 614 g/mol. The lowest BCUT2D eigenvalue weighted by Gasteiger charge is -2.43. The van der Waals surface area contributed by atoms with Crippen LogP contribution in [0.2, 0.25) is 0 Å². The maximum absolute atomic E-state index is 12.9. The van der Waals surface area contributed by atoms with Gasteiger partial charge in [0.1, 0.15) is 18.5 Å². The molecule has 2 aliphatic rings. The number of Topliss-reactive ketones (excluding diaryl/α,β-unsaturated/α-hetero) is 1. The number of esters is 3. The summed E-state index contributed by atoms with van der Waals surface area (Å²) < 4.78 is 24.9. The molecule has 1 saturated heterocycles. The van der Waals surface area contributed by atoms with Gasteiger partial charge in [0.05, 0.1) is 5.57 Å². The molecule has 0 radical (unpaired) electrons. The van der Waals surface area contributed by atoms with Crippen LogP contribution in [-0.2, 0) is 42.9 Å². The largest absolute Gasteiger partial charge is 0.511 e. The van der Waals surface area contributed by atoms with Crippen LogP contribution >= 0.6 is 34.8 Å². The Bertz CT molecular complexity index is 1080. The van der Waals surface area contributed by atoms with E-state index in [1.807, 2.05) is 13.8 Å². The molecule has 1 heterocycles. The first kappa shape index (κ1) is 32.8. The number of nitrogens with one attached hydrogen (secondary N) is 1. The van der Waals surface area contributed by atoms with Gasteiger partial charge in [0.15, 0.2) is 24.0 Å². The van der Waals surface area contributed by atoms with E-state index in [1.54, 1.807) is 0 Å². The summed E-state index contributed by atoms with van der Waals surface area (Å²) in [6.45, 7) is 7.96. The molecule has 39 heavy (non-hydrogen) atoms. The molecule has 1 fully saturated rings. The lowest BCUT2D eigenvalue weighted by Crippen LogP contribution is -2.62. The second-order valence-electron chi connectivity index (χ2n) is 9.91. The summed E-state index contributed by atoms with van der Waals surface area (Å²) in [6.07, 6.45) is -5.39. The number of hydrogen-bond acceptors (Lipinski definition) is 12. The van der Waals surface area contributed by atoms with Crippen molar-refractivity contribution in [1.82, 2.24) is 0 Å². The highest BCUT2D eigenvalue weighted by Crippen LogP contribution is 2.37. The second kappa shape index (κ2) is 12.8. The van der Waals surface area contributed by atoms with Crippen molar-refractivity contribution in [2.75, 3.05) is 6.61 Å². The molecule has 0 bridgehead atoms. The summed E-state index contributed by atoms with van der Waals surface area (Å²) in [5.74, 6) is -3.72. The minimum Gasteiger partial charge on any atom is -0.511 e. The number of hydrogen-bond donors (Lipinski definition) is 2. The fourth-order valence-corrected chi connectivity index (χ4v) is 4.42. The van der Waals surface area contributed by atoms with Crippen LogP contribution in [0.4, 0.5) is 0 Å². The quantitative estimate of drug-likeness (QED) is 0.142. The van der Waals surface area contributed by atoms with Crippen LogP contribution in [0.3, 0.4) is 0 Å². The Morgan fingerprint density at radius 3 is 2.08 bits per heavy atom. The van der Waals surface area contributed by atoms with Crippen molar-refractivity contribution in [3.63, 3.8) is 0 Å². The van der Waals surface area contributed by atoms with E-state index in [9.17, 15) is 24.3 Å². The van der Waals surface area contributed by atoms with Gasteiger partial charge in [-0.1, -0.05) is 48.7 Å². The number of carbonyl (C=O) groups excluding carboxylic acids is 4. The van der Waals surface area contributed by atoms with E-state index in [0.29, 0.717) is 0 Å². The molecule has 12 nitrogen and oxygen atoms in total. The third-order valence-electron chi connectivity index (χ3n) is 5.72. The number of nitrogens with zero attached hydrogens (tertiary/aromatic N) is 1. The highest BCUT2D eigenvalue weighted by molar-refractivity contribution is 6.76. The first-order valence-electron chi connectivity index (χ1n) is 11.8. The Hall–Kier alpha value is -2.41. The summed E-state index contributed by atoms with van der Waals surface area (Å²) in [5, 5.41) is 18.7. The SMILES string of the molecule is CC(=O)OC[C@H]1OC(OC(=N)C(Cl)(Cl)Cl)[C@H](N=C(C)C2=C(O)CC(C)(C)CC2=O)[C@@H](OC(C)=O)[C@@H]1OC(C)=O. The maximum atomic E-state index is 12.9. The Morgan fingerprint density at radius 1 is 1.03 bits per heavy atom. The lowest BCUT2D eigenvalue weighted by molar-refractivity contribution is -0.256. The zero-order chi connectivity index (χ0) is 29.9. The predicted octanol–water partition coefficient (Wildman–Crippen LogP) is 3.53. The van der Waals surface area contributed by atoms with Gasteiger partial charge < -0.3 is 28.8 Å². The lowest BCUT2D eigenvalue weighted by atomic mass is 9.75. The minimum absolute atomic E-state index is 0.0350. The minimum atomic E-state index is -2.33. The van der Waals surface area contributed by atoms with Crippen LogP contribution in [0.25, 0.3) is 0 Å². The average Bonchev–Trinajstić information content (AvgIpc) is 2.73. The highest BCUT2D eigenvalue weighted by atomic mass is 35.6. The van der Waals surface area contributed by atoms with Gasteiger partial charge in [-0.05, 0) is 12.3 Å².